The predicted octanol–water partition coefficient (Wildman–Crippen LogP) is 2.01. The average Bonchev–Trinajstić information content (AvgIpc) is 2.41. The lowest BCUT2D eigenvalue weighted by Crippen LogP contribution is -2.30. The number of rotatable bonds is 3. The first-order chi connectivity index (χ1) is 8.36. The molecular weight excluding hydrogens is 210 g/mol. The Hall–Kier alpha value is -1.61. The Morgan fingerprint density at radius 2 is 2.18 bits per heavy atom. The molecule has 1 atom stereocenters. The van der Waals surface area contributed by atoms with Crippen molar-refractivity contribution in [1.82, 2.24) is 5.32 Å². The van der Waals surface area contributed by atoms with Crippen molar-refractivity contribution in [3.63, 3.8) is 0 Å². The molecule has 1 aromatic carbocycles. The summed E-state index contributed by atoms with van der Waals surface area (Å²) >= 11 is 0. The van der Waals surface area contributed by atoms with Crippen LogP contribution in [0.15, 0.2) is 41.5 Å². The van der Waals surface area contributed by atoms with Gasteiger partial charge in [-0.3, -0.25) is 4.99 Å². The second kappa shape index (κ2) is 6.21. The molecule has 3 heteroatoms. The molecule has 0 amide bonds. The van der Waals surface area contributed by atoms with Crippen LogP contribution in [0.3, 0.4) is 0 Å². The van der Waals surface area contributed by atoms with Crippen molar-refractivity contribution in [3.05, 3.63) is 42.1 Å². The van der Waals surface area contributed by atoms with Gasteiger partial charge in [0.1, 0.15) is 0 Å². The van der Waals surface area contributed by atoms with Crippen LogP contribution < -0.4 is 11.1 Å². The van der Waals surface area contributed by atoms with Crippen molar-refractivity contribution >= 4 is 11.9 Å². The Morgan fingerprint density at radius 1 is 1.35 bits per heavy atom. The minimum absolute atomic E-state index is 0.545. The van der Waals surface area contributed by atoms with Crippen molar-refractivity contribution < 1.29 is 0 Å². The molecule has 0 aliphatic carbocycles. The van der Waals surface area contributed by atoms with E-state index < -0.39 is 0 Å². The van der Waals surface area contributed by atoms with Gasteiger partial charge in [0.15, 0.2) is 0 Å². The zero-order valence-electron chi connectivity index (χ0n) is 9.97. The second-order valence-corrected chi connectivity index (χ2v) is 4.36. The first-order valence-electron chi connectivity index (χ1n) is 6.11. The van der Waals surface area contributed by atoms with Crippen LogP contribution >= 0.6 is 0 Å². The summed E-state index contributed by atoms with van der Waals surface area (Å²) in [6.07, 6.45) is 6.19. The number of benzene rings is 1. The number of nitrogens with zero attached hydrogens (tertiary/aromatic N) is 1. The van der Waals surface area contributed by atoms with Crippen LogP contribution in [-0.4, -0.2) is 19.3 Å². The molecule has 17 heavy (non-hydrogen) atoms. The lowest BCUT2D eigenvalue weighted by atomic mass is 10.0. The molecule has 0 saturated carbocycles. The Kier molecular flexibility index (Phi) is 4.33. The Morgan fingerprint density at radius 3 is 2.88 bits per heavy atom. The third kappa shape index (κ3) is 3.71. The first-order valence-corrected chi connectivity index (χ1v) is 6.11. The van der Waals surface area contributed by atoms with Crippen LogP contribution in [0.1, 0.15) is 18.4 Å². The summed E-state index contributed by atoms with van der Waals surface area (Å²) in [4.78, 5) is 4.32. The molecule has 3 nitrogen and oxygen atoms in total. The van der Waals surface area contributed by atoms with Crippen LogP contribution in [-0.2, 0) is 0 Å². The molecule has 1 fully saturated rings. The van der Waals surface area contributed by atoms with Gasteiger partial charge in [-0.05, 0) is 24.9 Å². The summed E-state index contributed by atoms with van der Waals surface area (Å²) < 4.78 is 0. The zero-order valence-corrected chi connectivity index (χ0v) is 9.97. The highest BCUT2D eigenvalue weighted by Crippen LogP contribution is 2.09. The third-order valence-corrected chi connectivity index (χ3v) is 2.95. The number of hydrogen-bond acceptors (Lipinski definition) is 3. The van der Waals surface area contributed by atoms with Gasteiger partial charge in [0, 0.05) is 24.9 Å². The summed E-state index contributed by atoms with van der Waals surface area (Å²) in [5.41, 5.74) is 7.68. The summed E-state index contributed by atoms with van der Waals surface area (Å²) in [6, 6.07) is 9.91. The van der Waals surface area contributed by atoms with Crippen molar-refractivity contribution in [2.24, 2.45) is 16.6 Å². The van der Waals surface area contributed by atoms with E-state index in [1.165, 1.54) is 12.8 Å². The van der Waals surface area contributed by atoms with Gasteiger partial charge in [-0.1, -0.05) is 30.3 Å². The number of hydrogen-bond donors (Lipinski definition) is 2. The molecule has 1 unspecified atom stereocenters. The molecule has 90 valence electrons. The van der Waals surface area contributed by atoms with E-state index >= 15 is 0 Å². The Labute approximate surface area is 102 Å². The van der Waals surface area contributed by atoms with Crippen LogP contribution in [0.4, 0.5) is 0 Å². The lowest BCUT2D eigenvalue weighted by molar-refractivity contribution is 0.463. The molecule has 0 radical (unpaired) electrons. The topological polar surface area (TPSA) is 50.4 Å². The Bertz CT molecular complexity index is 389. The van der Waals surface area contributed by atoms with Gasteiger partial charge in [0.05, 0.1) is 5.70 Å². The van der Waals surface area contributed by atoms with E-state index in [4.69, 9.17) is 5.73 Å². The van der Waals surface area contributed by atoms with E-state index in [0.29, 0.717) is 11.6 Å². The van der Waals surface area contributed by atoms with Crippen molar-refractivity contribution in [2.75, 3.05) is 13.1 Å². The summed E-state index contributed by atoms with van der Waals surface area (Å²) in [5, 5.41) is 3.36. The predicted molar refractivity (Wildman–Crippen MR) is 72.7 cm³/mol. The van der Waals surface area contributed by atoms with E-state index in [2.05, 4.69) is 10.3 Å². The van der Waals surface area contributed by atoms with Crippen LogP contribution in [0.2, 0.25) is 0 Å². The van der Waals surface area contributed by atoms with Crippen molar-refractivity contribution in [1.29, 1.82) is 0 Å². The summed E-state index contributed by atoms with van der Waals surface area (Å²) in [6.45, 7) is 2.16. The smallest absolute Gasteiger partial charge is 0.0573 e. The van der Waals surface area contributed by atoms with Crippen molar-refractivity contribution in [3.8, 4) is 0 Å². The highest BCUT2D eigenvalue weighted by Gasteiger charge is 2.09. The first kappa shape index (κ1) is 11.9. The van der Waals surface area contributed by atoms with Crippen LogP contribution in [0.5, 0.6) is 0 Å². The van der Waals surface area contributed by atoms with Gasteiger partial charge in [-0.15, -0.1) is 0 Å². The fourth-order valence-corrected chi connectivity index (χ4v) is 1.96. The highest BCUT2D eigenvalue weighted by molar-refractivity contribution is 5.67. The van der Waals surface area contributed by atoms with E-state index in [1.54, 1.807) is 6.20 Å². The van der Waals surface area contributed by atoms with Gasteiger partial charge in [-0.2, -0.15) is 0 Å². The quantitative estimate of drug-likeness (QED) is 0.779. The van der Waals surface area contributed by atoms with Gasteiger partial charge in [0.25, 0.3) is 0 Å². The summed E-state index contributed by atoms with van der Waals surface area (Å²) in [5.74, 6) is 0.545. The molecule has 2 rings (SSSR count). The molecule has 1 saturated heterocycles. The number of nitrogens with two attached hydrogens (primary N) is 1. The van der Waals surface area contributed by atoms with E-state index in [-0.39, 0.29) is 0 Å². The maximum atomic E-state index is 5.94. The standard InChI is InChI=1S/C14H19N3/c15-14(13-6-2-1-3-7-13)11-17-10-12-5-4-8-16-9-12/h1-3,6-7,10-12,16H,4-5,8-9,15H2/b14-11-,17-10?. The summed E-state index contributed by atoms with van der Waals surface area (Å²) in [7, 11) is 0. The molecule has 3 N–H and O–H groups in total. The lowest BCUT2D eigenvalue weighted by Gasteiger charge is -2.18. The SMILES string of the molecule is N/C(=C\N=CC1CCCNC1)c1ccccc1. The van der Waals surface area contributed by atoms with E-state index in [1.807, 2.05) is 36.5 Å². The molecule has 0 spiro atoms. The minimum Gasteiger partial charge on any atom is -0.397 e. The van der Waals surface area contributed by atoms with E-state index in [9.17, 15) is 0 Å². The van der Waals surface area contributed by atoms with Crippen LogP contribution in [0.25, 0.3) is 5.70 Å². The molecule has 1 aliphatic heterocycles. The largest absolute Gasteiger partial charge is 0.397 e. The molecule has 0 bridgehead atoms. The third-order valence-electron chi connectivity index (χ3n) is 2.95. The fraction of sp³-hybridized carbons (Fsp3) is 0.357. The maximum Gasteiger partial charge on any atom is 0.0573 e. The normalized spacial score (nSPS) is 21.9. The number of nitrogens with one attached hydrogen (secondary N) is 1. The Balaban J connectivity index is 1.93. The van der Waals surface area contributed by atoms with Gasteiger partial charge < -0.3 is 11.1 Å². The van der Waals surface area contributed by atoms with Gasteiger partial charge in [-0.25, -0.2) is 0 Å². The van der Waals surface area contributed by atoms with Crippen LogP contribution in [0, 0.1) is 5.92 Å². The van der Waals surface area contributed by atoms with Crippen molar-refractivity contribution in [2.45, 2.75) is 12.8 Å². The average molecular weight is 229 g/mol. The molecule has 1 heterocycles. The number of piperidine rings is 1. The molecular formula is C14H19N3. The van der Waals surface area contributed by atoms with Gasteiger partial charge in [0.2, 0.25) is 0 Å². The minimum atomic E-state index is 0.545. The van der Waals surface area contributed by atoms with Gasteiger partial charge >= 0.3 is 0 Å². The fourth-order valence-electron chi connectivity index (χ4n) is 1.96. The highest BCUT2D eigenvalue weighted by atomic mass is 14.9. The zero-order chi connectivity index (χ0) is 11.9. The molecule has 1 aromatic rings. The second-order valence-electron chi connectivity index (χ2n) is 4.36. The molecule has 1 aliphatic rings. The maximum absolute atomic E-state index is 5.94. The monoisotopic (exact) mass is 229 g/mol. The number of aliphatic imine (C=N–C) groups is 1. The molecule has 0 aromatic heterocycles. The van der Waals surface area contributed by atoms with E-state index in [0.717, 1.165) is 18.7 Å².